The number of halogens is 2. The summed E-state index contributed by atoms with van der Waals surface area (Å²) in [5.41, 5.74) is -0.350. The van der Waals surface area contributed by atoms with Gasteiger partial charge in [0, 0.05) is 26.7 Å². The minimum Gasteiger partial charge on any atom is -0.422 e. The molecule has 3 aromatic rings. The van der Waals surface area contributed by atoms with Crippen molar-refractivity contribution in [2.45, 2.75) is 5.54 Å². The van der Waals surface area contributed by atoms with Gasteiger partial charge in [0.05, 0.1) is 5.69 Å². The van der Waals surface area contributed by atoms with E-state index in [9.17, 15) is 9.59 Å². The lowest BCUT2D eigenvalue weighted by Crippen LogP contribution is -2.58. The highest BCUT2D eigenvalue weighted by Crippen LogP contribution is 2.46. The van der Waals surface area contributed by atoms with E-state index in [0.29, 0.717) is 38.0 Å². The van der Waals surface area contributed by atoms with Crippen molar-refractivity contribution < 1.29 is 9.21 Å². The molecule has 0 saturated heterocycles. The standard InChI is InChI=1S/C18H9Cl2N3O3S/c19-7-2-4-12-9(5-7)14-13(15(24)26-12)18(23-17(27)22-14)10-6-8(20)1-3-11(10)21-16(18)25/h1-6H,(H,21,25)(H2,22,23,27). The molecule has 1 aromatic heterocycles. The Bertz CT molecular complexity index is 1260. The number of hydrogen-bond donors (Lipinski definition) is 3. The van der Waals surface area contributed by atoms with E-state index in [1.807, 2.05) is 0 Å². The molecule has 134 valence electrons. The lowest BCUT2D eigenvalue weighted by Gasteiger charge is -2.35. The summed E-state index contributed by atoms with van der Waals surface area (Å²) in [5, 5.41) is 10.3. The van der Waals surface area contributed by atoms with Crippen LogP contribution in [0.4, 0.5) is 11.4 Å². The number of benzene rings is 2. The Kier molecular flexibility index (Phi) is 3.34. The van der Waals surface area contributed by atoms with Crippen LogP contribution in [-0.2, 0) is 10.3 Å². The molecule has 3 N–H and O–H groups in total. The highest BCUT2D eigenvalue weighted by molar-refractivity contribution is 7.80. The van der Waals surface area contributed by atoms with Crippen LogP contribution in [0.25, 0.3) is 11.0 Å². The molecule has 27 heavy (non-hydrogen) atoms. The van der Waals surface area contributed by atoms with Gasteiger partial charge in [0.25, 0.3) is 5.91 Å². The molecule has 0 saturated carbocycles. The summed E-state index contributed by atoms with van der Waals surface area (Å²) in [7, 11) is 0. The van der Waals surface area contributed by atoms with Crippen molar-refractivity contribution in [3.05, 3.63) is 68.0 Å². The SMILES string of the molecule is O=C1Nc2ccc(Cl)cc2C12NC(=S)Nc1c2c(=O)oc2ccc(Cl)cc12. The van der Waals surface area contributed by atoms with E-state index in [2.05, 4.69) is 16.0 Å². The van der Waals surface area contributed by atoms with Crippen LogP contribution < -0.4 is 21.6 Å². The van der Waals surface area contributed by atoms with Gasteiger partial charge in [-0.1, -0.05) is 23.2 Å². The fraction of sp³-hybridized carbons (Fsp3) is 0.0556. The molecule has 2 aromatic carbocycles. The van der Waals surface area contributed by atoms with Gasteiger partial charge in [0.1, 0.15) is 11.1 Å². The monoisotopic (exact) mass is 417 g/mol. The van der Waals surface area contributed by atoms with Crippen molar-refractivity contribution in [1.82, 2.24) is 5.32 Å². The summed E-state index contributed by atoms with van der Waals surface area (Å²) in [6.45, 7) is 0. The molecule has 1 spiro atoms. The summed E-state index contributed by atoms with van der Waals surface area (Å²) in [6, 6.07) is 9.82. The van der Waals surface area contributed by atoms with E-state index in [-0.39, 0.29) is 10.7 Å². The predicted molar refractivity (Wildman–Crippen MR) is 108 cm³/mol. The smallest absolute Gasteiger partial charge is 0.344 e. The maximum atomic E-state index is 13.1. The Balaban J connectivity index is 1.95. The minimum absolute atomic E-state index is 0.101. The quantitative estimate of drug-likeness (QED) is 0.382. The van der Waals surface area contributed by atoms with Gasteiger partial charge in [-0.05, 0) is 48.6 Å². The molecule has 0 fully saturated rings. The molecule has 2 aliphatic rings. The molecule has 1 atom stereocenters. The van der Waals surface area contributed by atoms with E-state index in [1.165, 1.54) is 0 Å². The number of amides is 1. The van der Waals surface area contributed by atoms with Gasteiger partial charge >= 0.3 is 5.63 Å². The number of thiocarbonyl (C=S) groups is 1. The van der Waals surface area contributed by atoms with Crippen LogP contribution in [0.3, 0.4) is 0 Å². The summed E-state index contributed by atoms with van der Waals surface area (Å²) in [4.78, 5) is 26.0. The fourth-order valence-corrected chi connectivity index (χ4v) is 4.27. The first kappa shape index (κ1) is 16.6. The number of carbonyl (C=O) groups is 1. The third-order valence-electron chi connectivity index (χ3n) is 4.76. The molecule has 3 heterocycles. The first-order chi connectivity index (χ1) is 12.9. The van der Waals surface area contributed by atoms with Crippen molar-refractivity contribution in [2.24, 2.45) is 0 Å². The van der Waals surface area contributed by atoms with Crippen molar-refractivity contribution >= 4 is 68.8 Å². The largest absolute Gasteiger partial charge is 0.422 e. The van der Waals surface area contributed by atoms with Crippen molar-refractivity contribution in [1.29, 1.82) is 0 Å². The Morgan fingerprint density at radius 3 is 2.56 bits per heavy atom. The minimum atomic E-state index is -1.55. The highest BCUT2D eigenvalue weighted by atomic mass is 35.5. The molecule has 5 rings (SSSR count). The van der Waals surface area contributed by atoms with E-state index < -0.39 is 17.1 Å². The first-order valence-corrected chi connectivity index (χ1v) is 9.04. The van der Waals surface area contributed by atoms with E-state index in [4.69, 9.17) is 39.8 Å². The number of fused-ring (bicyclic) bond motifs is 6. The van der Waals surface area contributed by atoms with Gasteiger partial charge in [-0.2, -0.15) is 0 Å². The molecule has 2 aliphatic heterocycles. The van der Waals surface area contributed by atoms with Gasteiger partial charge in [0.2, 0.25) is 0 Å². The molecule has 0 aliphatic carbocycles. The average molecular weight is 418 g/mol. The molecule has 9 heteroatoms. The third-order valence-corrected chi connectivity index (χ3v) is 5.43. The summed E-state index contributed by atoms with van der Waals surface area (Å²) < 4.78 is 5.48. The molecular formula is C18H9Cl2N3O3S. The van der Waals surface area contributed by atoms with E-state index in [0.717, 1.165) is 0 Å². The Labute approximate surface area is 167 Å². The zero-order valence-electron chi connectivity index (χ0n) is 13.4. The molecular weight excluding hydrogens is 409 g/mol. The first-order valence-electron chi connectivity index (χ1n) is 7.87. The van der Waals surface area contributed by atoms with Crippen LogP contribution in [0, 0.1) is 0 Å². The number of nitrogens with one attached hydrogen (secondary N) is 3. The van der Waals surface area contributed by atoms with Crippen molar-refractivity contribution in [3.8, 4) is 0 Å². The second-order valence-electron chi connectivity index (χ2n) is 6.25. The van der Waals surface area contributed by atoms with Crippen molar-refractivity contribution in [2.75, 3.05) is 10.6 Å². The maximum absolute atomic E-state index is 13.1. The lowest BCUT2D eigenvalue weighted by molar-refractivity contribution is -0.120. The van der Waals surface area contributed by atoms with Crippen LogP contribution in [0.1, 0.15) is 11.1 Å². The number of hydrogen-bond acceptors (Lipinski definition) is 4. The van der Waals surface area contributed by atoms with Crippen LogP contribution in [0.2, 0.25) is 10.0 Å². The van der Waals surface area contributed by atoms with Crippen LogP contribution >= 0.6 is 35.4 Å². The summed E-state index contributed by atoms with van der Waals surface area (Å²) in [5.74, 6) is -0.446. The van der Waals surface area contributed by atoms with Gasteiger partial charge in [-0.25, -0.2) is 4.79 Å². The number of carbonyl (C=O) groups excluding carboxylic acids is 1. The van der Waals surface area contributed by atoms with Gasteiger partial charge < -0.3 is 20.4 Å². The van der Waals surface area contributed by atoms with Crippen molar-refractivity contribution in [3.63, 3.8) is 0 Å². The fourth-order valence-electron chi connectivity index (χ4n) is 3.67. The summed E-state index contributed by atoms with van der Waals surface area (Å²) in [6.07, 6.45) is 0. The average Bonchev–Trinajstić information content (AvgIpc) is 2.87. The summed E-state index contributed by atoms with van der Waals surface area (Å²) >= 11 is 17.6. The molecule has 0 radical (unpaired) electrons. The lowest BCUT2D eigenvalue weighted by atomic mass is 9.82. The molecule has 0 bridgehead atoms. The third kappa shape index (κ3) is 2.16. The second kappa shape index (κ2) is 5.45. The number of rotatable bonds is 0. The zero-order chi connectivity index (χ0) is 18.9. The Morgan fingerprint density at radius 2 is 1.74 bits per heavy atom. The zero-order valence-corrected chi connectivity index (χ0v) is 15.7. The Morgan fingerprint density at radius 1 is 1.00 bits per heavy atom. The number of anilines is 2. The van der Waals surface area contributed by atoms with Crippen LogP contribution in [-0.4, -0.2) is 11.0 Å². The van der Waals surface area contributed by atoms with E-state index >= 15 is 0 Å². The molecule has 6 nitrogen and oxygen atoms in total. The Hall–Kier alpha value is -2.61. The normalized spacial score (nSPS) is 20.1. The van der Waals surface area contributed by atoms with Crippen LogP contribution in [0.5, 0.6) is 0 Å². The highest BCUT2D eigenvalue weighted by Gasteiger charge is 2.54. The molecule has 1 unspecified atom stereocenters. The maximum Gasteiger partial charge on any atom is 0.344 e. The second-order valence-corrected chi connectivity index (χ2v) is 7.53. The van der Waals surface area contributed by atoms with Gasteiger partial charge in [-0.15, -0.1) is 0 Å². The predicted octanol–water partition coefficient (Wildman–Crippen LogP) is 3.60. The van der Waals surface area contributed by atoms with E-state index in [1.54, 1.807) is 36.4 Å². The molecule has 1 amide bonds. The van der Waals surface area contributed by atoms with Gasteiger partial charge in [-0.3, -0.25) is 4.79 Å². The van der Waals surface area contributed by atoms with Crippen LogP contribution in [0.15, 0.2) is 45.6 Å². The van der Waals surface area contributed by atoms with Gasteiger partial charge in [0.15, 0.2) is 10.7 Å². The topological polar surface area (TPSA) is 83.4 Å².